The van der Waals surface area contributed by atoms with Crippen LogP contribution in [0.3, 0.4) is 0 Å². The maximum Gasteiger partial charge on any atom is 0.410 e. The van der Waals surface area contributed by atoms with Crippen molar-refractivity contribution >= 4 is 12.1 Å². The number of fused-ring (bicyclic) bond motifs is 2. The fourth-order valence-corrected chi connectivity index (χ4v) is 3.12. The molecule has 1 saturated heterocycles. The van der Waals surface area contributed by atoms with E-state index in [2.05, 4.69) is 0 Å². The predicted molar refractivity (Wildman–Crippen MR) is 69.6 cm³/mol. The third kappa shape index (κ3) is 2.85. The molecule has 19 heavy (non-hydrogen) atoms. The molecule has 5 heteroatoms. The molecule has 2 bridgehead atoms. The van der Waals surface area contributed by atoms with Crippen molar-refractivity contribution in [1.82, 2.24) is 4.90 Å². The van der Waals surface area contributed by atoms with Crippen LogP contribution in [-0.2, 0) is 14.3 Å². The van der Waals surface area contributed by atoms with E-state index in [0.29, 0.717) is 13.2 Å². The number of nitrogens with zero attached hydrogens (tertiary/aromatic N) is 1. The third-order valence-corrected chi connectivity index (χ3v) is 3.77. The number of ether oxygens (including phenoxy) is 2. The first kappa shape index (κ1) is 14.2. The van der Waals surface area contributed by atoms with Gasteiger partial charge in [0, 0.05) is 12.6 Å². The summed E-state index contributed by atoms with van der Waals surface area (Å²) >= 11 is 0. The van der Waals surface area contributed by atoms with Crippen LogP contribution in [0.2, 0.25) is 0 Å². The van der Waals surface area contributed by atoms with Crippen LogP contribution in [0.4, 0.5) is 4.79 Å². The average molecular weight is 269 g/mol. The van der Waals surface area contributed by atoms with E-state index in [0.717, 1.165) is 12.8 Å². The molecule has 5 nitrogen and oxygen atoms in total. The zero-order valence-electron chi connectivity index (χ0n) is 12.1. The molecule has 0 aromatic rings. The average Bonchev–Trinajstić information content (AvgIpc) is 2.83. The summed E-state index contributed by atoms with van der Waals surface area (Å²) in [6.07, 6.45) is 1.55. The Morgan fingerprint density at radius 1 is 1.26 bits per heavy atom. The zero-order chi connectivity index (χ0) is 14.2. The summed E-state index contributed by atoms with van der Waals surface area (Å²) in [5.74, 6) is -0.0925. The Morgan fingerprint density at radius 3 is 2.53 bits per heavy atom. The van der Waals surface area contributed by atoms with E-state index in [1.165, 1.54) is 0 Å². The molecule has 0 unspecified atom stereocenters. The quantitative estimate of drug-likeness (QED) is 0.721. The molecular weight excluding hydrogens is 246 g/mol. The molecule has 3 atom stereocenters. The number of piperidine rings is 1. The summed E-state index contributed by atoms with van der Waals surface area (Å²) < 4.78 is 10.5. The SMILES string of the molecule is CCOC(=O)[C@@H]1[C@@H]2CC[C@H]1N(C(=O)OC(C)(C)C)C2. The van der Waals surface area contributed by atoms with Gasteiger partial charge < -0.3 is 14.4 Å². The molecule has 2 aliphatic rings. The maximum atomic E-state index is 12.1. The van der Waals surface area contributed by atoms with Crippen molar-refractivity contribution in [2.75, 3.05) is 13.2 Å². The number of hydrogen-bond acceptors (Lipinski definition) is 4. The molecule has 2 fully saturated rings. The van der Waals surface area contributed by atoms with E-state index in [1.54, 1.807) is 11.8 Å². The van der Waals surface area contributed by atoms with Gasteiger partial charge in [0.15, 0.2) is 0 Å². The van der Waals surface area contributed by atoms with E-state index in [1.807, 2.05) is 20.8 Å². The molecule has 1 aliphatic carbocycles. The lowest BCUT2D eigenvalue weighted by atomic mass is 9.99. The van der Waals surface area contributed by atoms with E-state index < -0.39 is 5.60 Å². The summed E-state index contributed by atoms with van der Waals surface area (Å²) in [5.41, 5.74) is -0.502. The molecule has 1 aliphatic heterocycles. The number of carbonyl (C=O) groups excluding carboxylic acids is 2. The molecule has 2 rings (SSSR count). The van der Waals surface area contributed by atoms with Gasteiger partial charge in [-0.05, 0) is 46.5 Å². The monoisotopic (exact) mass is 269 g/mol. The van der Waals surface area contributed by atoms with Crippen molar-refractivity contribution < 1.29 is 19.1 Å². The fraction of sp³-hybridized carbons (Fsp3) is 0.857. The van der Waals surface area contributed by atoms with Crippen molar-refractivity contribution in [3.05, 3.63) is 0 Å². The van der Waals surface area contributed by atoms with Crippen LogP contribution in [0.15, 0.2) is 0 Å². The number of likely N-dealkylation sites (tertiary alicyclic amines) is 1. The summed E-state index contributed by atoms with van der Waals surface area (Å²) in [5, 5.41) is 0. The van der Waals surface area contributed by atoms with Gasteiger partial charge in [0.1, 0.15) is 5.60 Å². The summed E-state index contributed by atoms with van der Waals surface area (Å²) in [6.45, 7) is 8.36. The summed E-state index contributed by atoms with van der Waals surface area (Å²) in [7, 11) is 0. The first-order valence-electron chi connectivity index (χ1n) is 6.99. The second-order valence-electron chi connectivity index (χ2n) is 6.32. The number of hydrogen-bond donors (Lipinski definition) is 0. The number of amides is 1. The fourth-order valence-electron chi connectivity index (χ4n) is 3.12. The highest BCUT2D eigenvalue weighted by Gasteiger charge is 2.53. The summed E-state index contributed by atoms with van der Waals surface area (Å²) in [4.78, 5) is 25.8. The Morgan fingerprint density at radius 2 is 1.95 bits per heavy atom. The Kier molecular flexibility index (Phi) is 3.74. The summed E-state index contributed by atoms with van der Waals surface area (Å²) in [6, 6.07) is -0.0427. The molecular formula is C14H23NO4. The van der Waals surface area contributed by atoms with Gasteiger partial charge in [-0.3, -0.25) is 4.79 Å². The molecule has 1 amide bonds. The van der Waals surface area contributed by atoms with Gasteiger partial charge in [-0.1, -0.05) is 0 Å². The minimum atomic E-state index is -0.502. The number of rotatable bonds is 2. The largest absolute Gasteiger partial charge is 0.466 e. The lowest BCUT2D eigenvalue weighted by Gasteiger charge is -2.30. The molecule has 1 saturated carbocycles. The highest BCUT2D eigenvalue weighted by atomic mass is 16.6. The van der Waals surface area contributed by atoms with Crippen LogP contribution in [0, 0.1) is 11.8 Å². The van der Waals surface area contributed by atoms with Crippen LogP contribution < -0.4 is 0 Å². The normalized spacial score (nSPS) is 29.5. The van der Waals surface area contributed by atoms with Crippen molar-refractivity contribution in [3.63, 3.8) is 0 Å². The van der Waals surface area contributed by atoms with Crippen molar-refractivity contribution in [1.29, 1.82) is 0 Å². The van der Waals surface area contributed by atoms with Crippen LogP contribution >= 0.6 is 0 Å². The first-order chi connectivity index (χ1) is 8.83. The van der Waals surface area contributed by atoms with Gasteiger partial charge in [0.25, 0.3) is 0 Å². The van der Waals surface area contributed by atoms with Gasteiger partial charge in [-0.25, -0.2) is 4.79 Å². The lowest BCUT2D eigenvalue weighted by Crippen LogP contribution is -2.42. The third-order valence-electron chi connectivity index (χ3n) is 3.77. The van der Waals surface area contributed by atoms with Gasteiger partial charge in [-0.15, -0.1) is 0 Å². The van der Waals surface area contributed by atoms with Gasteiger partial charge in [0.2, 0.25) is 0 Å². The molecule has 0 radical (unpaired) electrons. The molecule has 0 spiro atoms. The maximum absolute atomic E-state index is 12.1. The standard InChI is InChI=1S/C14H23NO4/c1-5-18-12(16)11-9-6-7-10(11)15(8-9)13(17)19-14(2,3)4/h9-11H,5-8H2,1-4H3/t9-,10-,11-/m1/s1. The predicted octanol–water partition coefficient (Wildman–Crippen LogP) is 2.20. The molecule has 1 heterocycles. The highest BCUT2D eigenvalue weighted by molar-refractivity contribution is 5.77. The van der Waals surface area contributed by atoms with E-state index in [-0.39, 0.29) is 29.9 Å². The van der Waals surface area contributed by atoms with Crippen LogP contribution in [0.25, 0.3) is 0 Å². The molecule has 108 valence electrons. The van der Waals surface area contributed by atoms with Crippen molar-refractivity contribution in [2.45, 2.75) is 52.2 Å². The second-order valence-corrected chi connectivity index (χ2v) is 6.32. The molecule has 0 aromatic heterocycles. The Bertz CT molecular complexity index is 374. The topological polar surface area (TPSA) is 55.8 Å². The smallest absolute Gasteiger partial charge is 0.410 e. The number of esters is 1. The van der Waals surface area contributed by atoms with Gasteiger partial charge >= 0.3 is 12.1 Å². The minimum Gasteiger partial charge on any atom is -0.466 e. The van der Waals surface area contributed by atoms with Gasteiger partial charge in [0.05, 0.1) is 12.5 Å². The van der Waals surface area contributed by atoms with Crippen LogP contribution in [-0.4, -0.2) is 41.8 Å². The van der Waals surface area contributed by atoms with Crippen molar-refractivity contribution in [2.24, 2.45) is 11.8 Å². The van der Waals surface area contributed by atoms with Crippen LogP contribution in [0.1, 0.15) is 40.5 Å². The first-order valence-corrected chi connectivity index (χ1v) is 6.99. The lowest BCUT2D eigenvalue weighted by molar-refractivity contribution is -0.149. The highest BCUT2D eigenvalue weighted by Crippen LogP contribution is 2.43. The Balaban J connectivity index is 2.03. The van der Waals surface area contributed by atoms with Crippen LogP contribution in [0.5, 0.6) is 0 Å². The van der Waals surface area contributed by atoms with E-state index >= 15 is 0 Å². The molecule has 0 N–H and O–H groups in total. The molecule has 0 aromatic carbocycles. The van der Waals surface area contributed by atoms with E-state index in [4.69, 9.17) is 9.47 Å². The van der Waals surface area contributed by atoms with E-state index in [9.17, 15) is 9.59 Å². The Labute approximate surface area is 114 Å². The minimum absolute atomic E-state index is 0.0427. The number of carbonyl (C=O) groups is 2. The Hall–Kier alpha value is -1.26. The van der Waals surface area contributed by atoms with Gasteiger partial charge in [-0.2, -0.15) is 0 Å². The zero-order valence-corrected chi connectivity index (χ0v) is 12.1. The van der Waals surface area contributed by atoms with Crippen molar-refractivity contribution in [3.8, 4) is 0 Å². The second kappa shape index (κ2) is 5.02.